The zero-order valence-corrected chi connectivity index (χ0v) is 11.0. The Hall–Kier alpha value is -1.29. The third-order valence-corrected chi connectivity index (χ3v) is 3.78. The third-order valence-electron chi connectivity index (χ3n) is 3.78. The lowest BCUT2D eigenvalue weighted by Crippen LogP contribution is -2.39. The molecule has 18 heavy (non-hydrogen) atoms. The Morgan fingerprint density at radius 3 is 2.61 bits per heavy atom. The minimum Gasteiger partial charge on any atom is -0.397 e. The van der Waals surface area contributed by atoms with Crippen LogP contribution in [0.2, 0.25) is 0 Å². The van der Waals surface area contributed by atoms with Crippen LogP contribution in [0.3, 0.4) is 0 Å². The van der Waals surface area contributed by atoms with E-state index in [1.165, 1.54) is 6.07 Å². The number of hydrogen-bond acceptors (Lipinski definition) is 3. The van der Waals surface area contributed by atoms with Crippen molar-refractivity contribution in [2.24, 2.45) is 0 Å². The molecule has 0 saturated heterocycles. The monoisotopic (exact) mass is 252 g/mol. The second kappa shape index (κ2) is 4.76. The number of benzene rings is 1. The first-order valence-electron chi connectivity index (χ1n) is 6.40. The number of hydrogen-bond donors (Lipinski definition) is 2. The molecule has 2 rings (SSSR count). The number of aliphatic hydroxyl groups is 1. The molecule has 1 saturated carbocycles. The molecule has 1 fully saturated rings. The van der Waals surface area contributed by atoms with Gasteiger partial charge in [-0.25, -0.2) is 4.39 Å². The highest BCUT2D eigenvalue weighted by Gasteiger charge is 2.32. The molecule has 0 amide bonds. The van der Waals surface area contributed by atoms with Crippen LogP contribution in [-0.4, -0.2) is 24.3 Å². The van der Waals surface area contributed by atoms with Gasteiger partial charge in [-0.15, -0.1) is 0 Å². The van der Waals surface area contributed by atoms with Crippen molar-refractivity contribution in [3.8, 4) is 0 Å². The molecule has 1 aliphatic carbocycles. The highest BCUT2D eigenvalue weighted by atomic mass is 19.1. The van der Waals surface area contributed by atoms with Gasteiger partial charge in [-0.2, -0.15) is 0 Å². The number of likely N-dealkylation sites (N-methyl/N-ethyl adjacent to an activating group) is 1. The summed E-state index contributed by atoms with van der Waals surface area (Å²) in [5, 5.41) is 10.4. The van der Waals surface area contributed by atoms with Crippen LogP contribution < -0.4 is 10.6 Å². The molecule has 0 aromatic heterocycles. The van der Waals surface area contributed by atoms with E-state index in [9.17, 15) is 9.50 Å². The first-order valence-corrected chi connectivity index (χ1v) is 6.40. The fraction of sp³-hybridized carbons (Fsp3) is 0.571. The Kier molecular flexibility index (Phi) is 3.48. The van der Waals surface area contributed by atoms with E-state index >= 15 is 0 Å². The molecule has 0 spiro atoms. The van der Waals surface area contributed by atoms with Gasteiger partial charge in [-0.05, 0) is 37.5 Å². The van der Waals surface area contributed by atoms with Gasteiger partial charge in [-0.3, -0.25) is 0 Å². The molecule has 0 unspecified atom stereocenters. The number of halogens is 1. The first kappa shape index (κ1) is 13.1. The second-order valence-electron chi connectivity index (χ2n) is 5.45. The maximum absolute atomic E-state index is 13.4. The topological polar surface area (TPSA) is 49.5 Å². The van der Waals surface area contributed by atoms with Crippen LogP contribution in [0, 0.1) is 12.7 Å². The fourth-order valence-corrected chi connectivity index (χ4v) is 2.73. The van der Waals surface area contributed by atoms with E-state index < -0.39 is 5.60 Å². The van der Waals surface area contributed by atoms with Crippen molar-refractivity contribution in [3.05, 3.63) is 23.5 Å². The zero-order chi connectivity index (χ0) is 13.3. The molecule has 1 aromatic rings. The molecule has 0 aliphatic heterocycles. The summed E-state index contributed by atoms with van der Waals surface area (Å²) < 4.78 is 13.4. The van der Waals surface area contributed by atoms with Gasteiger partial charge in [0.25, 0.3) is 0 Å². The quantitative estimate of drug-likeness (QED) is 0.812. The summed E-state index contributed by atoms with van der Waals surface area (Å²) >= 11 is 0. The standard InChI is InChI=1S/C14H21FN2O/c1-10-7-13(12(16)8-11(10)15)17(2)9-14(18)5-3-4-6-14/h7-8,18H,3-6,9,16H2,1-2H3. The van der Waals surface area contributed by atoms with Crippen LogP contribution in [0.5, 0.6) is 0 Å². The first-order chi connectivity index (χ1) is 8.41. The average Bonchev–Trinajstić information content (AvgIpc) is 2.70. The van der Waals surface area contributed by atoms with Crippen molar-refractivity contribution >= 4 is 11.4 Å². The van der Waals surface area contributed by atoms with E-state index in [2.05, 4.69) is 0 Å². The summed E-state index contributed by atoms with van der Waals surface area (Å²) in [6.45, 7) is 2.26. The van der Waals surface area contributed by atoms with Crippen molar-refractivity contribution in [2.45, 2.75) is 38.2 Å². The fourth-order valence-electron chi connectivity index (χ4n) is 2.73. The normalized spacial score (nSPS) is 18.0. The van der Waals surface area contributed by atoms with Crippen molar-refractivity contribution in [1.82, 2.24) is 0 Å². The predicted octanol–water partition coefficient (Wildman–Crippen LogP) is 2.46. The van der Waals surface area contributed by atoms with Gasteiger partial charge < -0.3 is 15.7 Å². The number of aryl methyl sites for hydroxylation is 1. The van der Waals surface area contributed by atoms with Crippen LogP contribution in [0.4, 0.5) is 15.8 Å². The highest BCUT2D eigenvalue weighted by Crippen LogP contribution is 2.33. The Morgan fingerprint density at radius 2 is 2.00 bits per heavy atom. The minimum absolute atomic E-state index is 0.288. The molecule has 0 atom stereocenters. The maximum atomic E-state index is 13.4. The van der Waals surface area contributed by atoms with Gasteiger partial charge in [0, 0.05) is 13.6 Å². The Labute approximate surface area is 107 Å². The Morgan fingerprint density at radius 1 is 1.39 bits per heavy atom. The van der Waals surface area contributed by atoms with Crippen LogP contribution in [0.1, 0.15) is 31.2 Å². The Bertz CT molecular complexity index is 442. The largest absolute Gasteiger partial charge is 0.397 e. The van der Waals surface area contributed by atoms with Crippen molar-refractivity contribution < 1.29 is 9.50 Å². The van der Waals surface area contributed by atoms with Crippen LogP contribution in [-0.2, 0) is 0 Å². The van der Waals surface area contributed by atoms with Crippen molar-refractivity contribution in [3.63, 3.8) is 0 Å². The van der Waals surface area contributed by atoms with Gasteiger partial charge >= 0.3 is 0 Å². The lowest BCUT2D eigenvalue weighted by atomic mass is 10.0. The number of nitrogens with two attached hydrogens (primary N) is 1. The molecule has 4 heteroatoms. The number of nitrogen functional groups attached to an aromatic ring is 1. The maximum Gasteiger partial charge on any atom is 0.128 e. The molecule has 3 nitrogen and oxygen atoms in total. The lowest BCUT2D eigenvalue weighted by Gasteiger charge is -2.31. The molecule has 0 heterocycles. The van der Waals surface area contributed by atoms with Gasteiger partial charge in [0.1, 0.15) is 5.82 Å². The van der Waals surface area contributed by atoms with Crippen LogP contribution >= 0.6 is 0 Å². The second-order valence-corrected chi connectivity index (χ2v) is 5.45. The summed E-state index contributed by atoms with van der Waals surface area (Å²) in [5.41, 5.74) is 7.00. The summed E-state index contributed by atoms with van der Waals surface area (Å²) in [6.07, 6.45) is 3.80. The molecule has 3 N–H and O–H groups in total. The van der Waals surface area contributed by atoms with E-state index in [1.807, 2.05) is 11.9 Å². The van der Waals surface area contributed by atoms with Crippen molar-refractivity contribution in [1.29, 1.82) is 0 Å². The van der Waals surface area contributed by atoms with E-state index in [0.717, 1.165) is 31.4 Å². The van der Waals surface area contributed by atoms with E-state index in [-0.39, 0.29) is 5.82 Å². The third kappa shape index (κ3) is 2.58. The molecule has 100 valence electrons. The van der Waals surface area contributed by atoms with Gasteiger partial charge in [0.2, 0.25) is 0 Å². The van der Waals surface area contributed by atoms with Gasteiger partial charge in [0.15, 0.2) is 0 Å². The molecule has 1 aromatic carbocycles. The smallest absolute Gasteiger partial charge is 0.128 e. The molecule has 0 bridgehead atoms. The van der Waals surface area contributed by atoms with E-state index in [0.29, 0.717) is 17.8 Å². The number of anilines is 2. The predicted molar refractivity (Wildman–Crippen MR) is 72.2 cm³/mol. The van der Waals surface area contributed by atoms with Gasteiger partial charge in [0.05, 0.1) is 17.0 Å². The average molecular weight is 252 g/mol. The van der Waals surface area contributed by atoms with E-state index in [4.69, 9.17) is 5.73 Å². The highest BCUT2D eigenvalue weighted by molar-refractivity contribution is 5.68. The van der Waals surface area contributed by atoms with Crippen LogP contribution in [0.15, 0.2) is 12.1 Å². The van der Waals surface area contributed by atoms with E-state index in [1.54, 1.807) is 13.0 Å². The molecule has 0 radical (unpaired) electrons. The number of rotatable bonds is 3. The van der Waals surface area contributed by atoms with Crippen LogP contribution in [0.25, 0.3) is 0 Å². The lowest BCUT2D eigenvalue weighted by molar-refractivity contribution is 0.0559. The minimum atomic E-state index is -0.622. The van der Waals surface area contributed by atoms with Gasteiger partial charge in [-0.1, -0.05) is 12.8 Å². The Balaban J connectivity index is 2.18. The zero-order valence-electron chi connectivity index (χ0n) is 11.0. The van der Waals surface area contributed by atoms with Crippen molar-refractivity contribution in [2.75, 3.05) is 24.2 Å². The molecular weight excluding hydrogens is 231 g/mol. The molecule has 1 aliphatic rings. The number of nitrogens with zero attached hydrogens (tertiary/aromatic N) is 1. The molecular formula is C14H21FN2O. The summed E-state index contributed by atoms with van der Waals surface area (Å²) in [4.78, 5) is 1.92. The summed E-state index contributed by atoms with van der Waals surface area (Å²) in [7, 11) is 1.89. The summed E-state index contributed by atoms with van der Waals surface area (Å²) in [5.74, 6) is -0.288. The SMILES string of the molecule is Cc1cc(N(C)CC2(O)CCCC2)c(N)cc1F. The summed E-state index contributed by atoms with van der Waals surface area (Å²) in [6, 6.07) is 3.09.